The van der Waals surface area contributed by atoms with Gasteiger partial charge in [-0.3, -0.25) is 14.5 Å². The molecule has 1 amide bonds. The standard InChI is InChI=1S/C21H27ClN2O2/c1-24(13-20(26)23-18-5-3-2-4-17(18)22)12-19(25)21-9-14-6-15(10-21)8-16(7-14)11-21/h2-5,14-16H,6-13H2,1H3,(H,23,26). The average Bonchev–Trinajstić information content (AvgIpc) is 2.55. The number of nitrogens with one attached hydrogen (secondary N) is 1. The fourth-order valence-electron chi connectivity index (χ4n) is 5.92. The number of amides is 1. The number of hydrogen-bond donors (Lipinski definition) is 1. The largest absolute Gasteiger partial charge is 0.324 e. The molecule has 4 aliphatic rings. The van der Waals surface area contributed by atoms with E-state index in [0.29, 0.717) is 23.0 Å². The van der Waals surface area contributed by atoms with Crippen molar-refractivity contribution < 1.29 is 9.59 Å². The molecular formula is C21H27ClN2O2. The van der Waals surface area contributed by atoms with Crippen molar-refractivity contribution in [2.75, 3.05) is 25.5 Å². The first kappa shape index (κ1) is 18.0. The predicted molar refractivity (Wildman–Crippen MR) is 103 cm³/mol. The Morgan fingerprint density at radius 2 is 1.65 bits per heavy atom. The van der Waals surface area contributed by atoms with Gasteiger partial charge in [0.15, 0.2) is 5.78 Å². The Morgan fingerprint density at radius 1 is 1.08 bits per heavy atom. The zero-order chi connectivity index (χ0) is 18.3. The summed E-state index contributed by atoms with van der Waals surface area (Å²) in [7, 11) is 1.85. The molecule has 4 saturated carbocycles. The third-order valence-corrected chi connectivity index (χ3v) is 6.93. The first-order valence-electron chi connectivity index (χ1n) is 9.70. The van der Waals surface area contributed by atoms with Gasteiger partial charge in [-0.25, -0.2) is 0 Å². The maximum absolute atomic E-state index is 13.1. The first-order chi connectivity index (χ1) is 12.4. The van der Waals surface area contributed by atoms with Crippen LogP contribution in [0.3, 0.4) is 0 Å². The Kier molecular flexibility index (Phi) is 4.83. The van der Waals surface area contributed by atoms with Crippen LogP contribution in [0.25, 0.3) is 0 Å². The van der Waals surface area contributed by atoms with Crippen molar-refractivity contribution in [3.8, 4) is 0 Å². The molecule has 5 rings (SSSR count). The normalized spacial score (nSPS) is 32.0. The molecular weight excluding hydrogens is 348 g/mol. The molecule has 0 radical (unpaired) electrons. The van der Waals surface area contributed by atoms with Crippen LogP contribution in [0.4, 0.5) is 5.69 Å². The lowest BCUT2D eigenvalue weighted by molar-refractivity contribution is -0.144. The number of halogens is 1. The van der Waals surface area contributed by atoms with Gasteiger partial charge in [-0.1, -0.05) is 23.7 Å². The Bertz CT molecular complexity index is 682. The lowest BCUT2D eigenvalue weighted by Gasteiger charge is -2.56. The van der Waals surface area contributed by atoms with Crippen molar-refractivity contribution in [2.24, 2.45) is 23.2 Å². The van der Waals surface area contributed by atoms with Gasteiger partial charge >= 0.3 is 0 Å². The Hall–Kier alpha value is -1.39. The number of rotatable bonds is 6. The summed E-state index contributed by atoms with van der Waals surface area (Å²) in [6.07, 6.45) is 7.25. The van der Waals surface area contributed by atoms with Crippen LogP contribution in [-0.2, 0) is 9.59 Å². The highest BCUT2D eigenvalue weighted by Gasteiger charge is 2.54. The fraction of sp³-hybridized carbons (Fsp3) is 0.619. The fourth-order valence-corrected chi connectivity index (χ4v) is 6.10. The summed E-state index contributed by atoms with van der Waals surface area (Å²) < 4.78 is 0. The van der Waals surface area contributed by atoms with Crippen LogP contribution in [0.15, 0.2) is 24.3 Å². The molecule has 1 aromatic rings. The summed E-state index contributed by atoms with van der Waals surface area (Å²) in [5.74, 6) is 2.50. The Balaban J connectivity index is 1.33. The van der Waals surface area contributed by atoms with Gasteiger partial charge < -0.3 is 5.32 Å². The highest BCUT2D eigenvalue weighted by Crippen LogP contribution is 2.60. The first-order valence-corrected chi connectivity index (χ1v) is 10.1. The van der Waals surface area contributed by atoms with Crippen molar-refractivity contribution in [1.82, 2.24) is 4.90 Å². The molecule has 0 spiro atoms. The summed E-state index contributed by atoms with van der Waals surface area (Å²) in [5, 5.41) is 3.35. The summed E-state index contributed by atoms with van der Waals surface area (Å²) in [6, 6.07) is 7.19. The number of hydrogen-bond acceptors (Lipinski definition) is 3. The van der Waals surface area contributed by atoms with E-state index in [-0.39, 0.29) is 17.9 Å². The molecule has 0 heterocycles. The smallest absolute Gasteiger partial charge is 0.238 e. The van der Waals surface area contributed by atoms with Crippen molar-refractivity contribution in [3.63, 3.8) is 0 Å². The minimum absolute atomic E-state index is 0.0950. The molecule has 1 N–H and O–H groups in total. The highest BCUT2D eigenvalue weighted by molar-refractivity contribution is 6.33. The number of para-hydroxylation sites is 1. The van der Waals surface area contributed by atoms with E-state index in [1.165, 1.54) is 19.3 Å². The number of ketones is 1. The number of carbonyl (C=O) groups is 2. The molecule has 4 bridgehead atoms. The van der Waals surface area contributed by atoms with E-state index >= 15 is 0 Å². The molecule has 0 unspecified atom stereocenters. The van der Waals surface area contributed by atoms with Crippen LogP contribution in [0.5, 0.6) is 0 Å². The van der Waals surface area contributed by atoms with E-state index in [1.54, 1.807) is 12.1 Å². The minimum atomic E-state index is -0.140. The zero-order valence-electron chi connectivity index (χ0n) is 15.3. The van der Waals surface area contributed by atoms with Gasteiger partial charge in [0.1, 0.15) is 0 Å². The third kappa shape index (κ3) is 3.54. The van der Waals surface area contributed by atoms with Gasteiger partial charge in [0.2, 0.25) is 5.91 Å². The maximum Gasteiger partial charge on any atom is 0.238 e. The maximum atomic E-state index is 13.1. The van der Waals surface area contributed by atoms with Crippen molar-refractivity contribution in [1.29, 1.82) is 0 Å². The van der Waals surface area contributed by atoms with Gasteiger partial charge in [-0.05, 0) is 75.5 Å². The second-order valence-electron chi connectivity index (χ2n) is 8.82. The molecule has 0 saturated heterocycles. The summed E-state index contributed by atoms with van der Waals surface area (Å²) in [5.41, 5.74) is 0.516. The molecule has 4 aliphatic carbocycles. The number of anilines is 1. The Labute approximate surface area is 160 Å². The summed E-state index contributed by atoms with van der Waals surface area (Å²) in [6.45, 7) is 0.561. The van der Waals surface area contributed by atoms with Crippen molar-refractivity contribution in [3.05, 3.63) is 29.3 Å². The van der Waals surface area contributed by atoms with E-state index in [2.05, 4.69) is 5.32 Å². The zero-order valence-corrected chi connectivity index (χ0v) is 16.1. The lowest BCUT2D eigenvalue weighted by Crippen LogP contribution is -2.52. The number of carbonyl (C=O) groups excluding carboxylic acids is 2. The number of likely N-dealkylation sites (N-methyl/N-ethyl adjacent to an activating group) is 1. The SMILES string of the molecule is CN(CC(=O)Nc1ccccc1Cl)CC(=O)C12CC3CC(CC(C3)C1)C2. The molecule has 1 aromatic carbocycles. The van der Waals surface area contributed by atoms with Gasteiger partial charge in [0, 0.05) is 5.41 Å². The van der Waals surface area contributed by atoms with Crippen LogP contribution < -0.4 is 5.32 Å². The van der Waals surface area contributed by atoms with Gasteiger partial charge in [-0.2, -0.15) is 0 Å². The van der Waals surface area contributed by atoms with E-state index in [9.17, 15) is 9.59 Å². The number of benzene rings is 1. The lowest BCUT2D eigenvalue weighted by atomic mass is 9.48. The predicted octanol–water partition coefficient (Wildman–Crippen LogP) is 4.00. The van der Waals surface area contributed by atoms with E-state index < -0.39 is 0 Å². The third-order valence-electron chi connectivity index (χ3n) is 6.60. The summed E-state index contributed by atoms with van der Waals surface area (Å²) >= 11 is 6.08. The second kappa shape index (κ2) is 6.97. The van der Waals surface area contributed by atoms with E-state index in [4.69, 9.17) is 11.6 Å². The molecule has 0 aliphatic heterocycles. The minimum Gasteiger partial charge on any atom is -0.324 e. The average molecular weight is 375 g/mol. The number of nitrogens with zero attached hydrogens (tertiary/aromatic N) is 1. The van der Waals surface area contributed by atoms with Crippen LogP contribution >= 0.6 is 11.6 Å². The topological polar surface area (TPSA) is 49.4 Å². The van der Waals surface area contributed by atoms with Gasteiger partial charge in [0.25, 0.3) is 0 Å². The quantitative estimate of drug-likeness (QED) is 0.818. The van der Waals surface area contributed by atoms with E-state index in [0.717, 1.165) is 37.0 Å². The summed E-state index contributed by atoms with van der Waals surface area (Å²) in [4.78, 5) is 27.2. The van der Waals surface area contributed by atoms with Crippen molar-refractivity contribution >= 4 is 29.0 Å². The van der Waals surface area contributed by atoms with Crippen LogP contribution in [0.1, 0.15) is 38.5 Å². The molecule has 0 atom stereocenters. The molecule has 26 heavy (non-hydrogen) atoms. The van der Waals surface area contributed by atoms with Crippen molar-refractivity contribution in [2.45, 2.75) is 38.5 Å². The monoisotopic (exact) mass is 374 g/mol. The van der Waals surface area contributed by atoms with Gasteiger partial charge in [0.05, 0.1) is 23.8 Å². The van der Waals surface area contributed by atoms with E-state index in [1.807, 2.05) is 24.1 Å². The molecule has 140 valence electrons. The number of Topliss-reactive ketones (excluding diaryl/α,β-unsaturated/α-hetero) is 1. The van der Waals surface area contributed by atoms with Crippen LogP contribution in [0, 0.1) is 23.2 Å². The van der Waals surface area contributed by atoms with Crippen LogP contribution in [-0.4, -0.2) is 36.7 Å². The Morgan fingerprint density at radius 3 is 2.23 bits per heavy atom. The molecule has 4 nitrogen and oxygen atoms in total. The van der Waals surface area contributed by atoms with Crippen LogP contribution in [0.2, 0.25) is 5.02 Å². The molecule has 5 heteroatoms. The molecule has 4 fully saturated rings. The highest BCUT2D eigenvalue weighted by atomic mass is 35.5. The molecule has 0 aromatic heterocycles. The second-order valence-corrected chi connectivity index (χ2v) is 9.23. The van der Waals surface area contributed by atoms with Gasteiger partial charge in [-0.15, -0.1) is 0 Å².